The monoisotopic (exact) mass is 284 g/mol. The van der Waals surface area contributed by atoms with E-state index in [0.29, 0.717) is 25.6 Å². The van der Waals surface area contributed by atoms with Crippen LogP contribution in [-0.2, 0) is 11.2 Å². The molecular weight excluding hydrogens is 264 g/mol. The molecule has 0 radical (unpaired) electrons. The molecule has 0 spiro atoms. The van der Waals surface area contributed by atoms with Gasteiger partial charge in [-0.05, 0) is 30.5 Å². The van der Waals surface area contributed by atoms with Crippen molar-refractivity contribution in [2.45, 2.75) is 13.3 Å². The topological polar surface area (TPSA) is 64.3 Å². The smallest absolute Gasteiger partial charge is 0.226 e. The van der Waals surface area contributed by atoms with E-state index in [2.05, 4.69) is 5.32 Å². The Morgan fingerprint density at radius 3 is 3.00 bits per heavy atom. The molecule has 2 unspecified atom stereocenters. The molecule has 1 aliphatic rings. The predicted octanol–water partition coefficient (Wildman–Crippen LogP) is 1.37. The Morgan fingerprint density at radius 1 is 1.53 bits per heavy atom. The van der Waals surface area contributed by atoms with E-state index in [9.17, 15) is 4.79 Å². The van der Waals surface area contributed by atoms with Crippen LogP contribution in [0.2, 0.25) is 0 Å². The summed E-state index contributed by atoms with van der Waals surface area (Å²) < 4.78 is 5.60. The number of halogens is 1. The minimum Gasteiger partial charge on any atom is -0.492 e. The fourth-order valence-electron chi connectivity index (χ4n) is 2.00. The quantitative estimate of drug-likeness (QED) is 0.878. The summed E-state index contributed by atoms with van der Waals surface area (Å²) in [7, 11) is 0. The van der Waals surface area contributed by atoms with Crippen LogP contribution in [0.15, 0.2) is 24.3 Å². The second-order valence-electron chi connectivity index (χ2n) is 4.91. The van der Waals surface area contributed by atoms with Crippen molar-refractivity contribution in [2.75, 3.05) is 19.7 Å². The van der Waals surface area contributed by atoms with Crippen molar-refractivity contribution >= 4 is 18.3 Å². The van der Waals surface area contributed by atoms with Crippen LogP contribution in [0.25, 0.3) is 0 Å². The lowest BCUT2D eigenvalue weighted by Crippen LogP contribution is -2.40. The summed E-state index contributed by atoms with van der Waals surface area (Å²) in [4.78, 5) is 12.0. The van der Waals surface area contributed by atoms with Gasteiger partial charge in [-0.25, -0.2) is 0 Å². The van der Waals surface area contributed by atoms with Gasteiger partial charge in [0.05, 0.1) is 5.92 Å². The summed E-state index contributed by atoms with van der Waals surface area (Å²) in [6, 6.07) is 7.87. The van der Waals surface area contributed by atoms with Crippen molar-refractivity contribution in [3.05, 3.63) is 29.8 Å². The molecule has 4 nitrogen and oxygen atoms in total. The van der Waals surface area contributed by atoms with Crippen LogP contribution in [0, 0.1) is 11.8 Å². The normalized spacial score (nSPS) is 18.5. The van der Waals surface area contributed by atoms with E-state index in [4.69, 9.17) is 10.5 Å². The van der Waals surface area contributed by atoms with E-state index in [1.54, 1.807) is 0 Å². The highest BCUT2D eigenvalue weighted by molar-refractivity contribution is 5.85. The lowest BCUT2D eigenvalue weighted by atomic mass is 9.96. The Labute approximate surface area is 120 Å². The standard InChI is InChI=1S/C14H20N2O2.ClH/c1-10(7-15)8-16-14(17)12-6-11-4-2-3-5-13(11)18-9-12;/h2-5,10,12H,6-9,15H2,1H3,(H,16,17);1H. The first-order valence-electron chi connectivity index (χ1n) is 6.39. The van der Waals surface area contributed by atoms with Gasteiger partial charge in [0, 0.05) is 6.54 Å². The molecular formula is C14H21ClN2O2. The van der Waals surface area contributed by atoms with Gasteiger partial charge in [0.25, 0.3) is 0 Å². The fraction of sp³-hybridized carbons (Fsp3) is 0.500. The third-order valence-corrected chi connectivity index (χ3v) is 3.28. The third-order valence-electron chi connectivity index (χ3n) is 3.28. The number of ether oxygens (including phenoxy) is 1. The molecule has 2 atom stereocenters. The molecule has 0 aliphatic carbocycles. The van der Waals surface area contributed by atoms with Crippen LogP contribution in [-0.4, -0.2) is 25.6 Å². The zero-order chi connectivity index (χ0) is 13.0. The average Bonchev–Trinajstić information content (AvgIpc) is 2.43. The summed E-state index contributed by atoms with van der Waals surface area (Å²) in [5.41, 5.74) is 6.63. The molecule has 3 N–H and O–H groups in total. The molecule has 1 heterocycles. The largest absolute Gasteiger partial charge is 0.492 e. The van der Waals surface area contributed by atoms with Gasteiger partial charge >= 0.3 is 0 Å². The van der Waals surface area contributed by atoms with Crippen molar-refractivity contribution in [1.82, 2.24) is 5.32 Å². The molecule has 0 bridgehead atoms. The van der Waals surface area contributed by atoms with Gasteiger partial charge in [0.1, 0.15) is 12.4 Å². The van der Waals surface area contributed by atoms with Crippen LogP contribution in [0.5, 0.6) is 5.75 Å². The lowest BCUT2D eigenvalue weighted by molar-refractivity contribution is -0.126. The number of hydrogen-bond acceptors (Lipinski definition) is 3. The zero-order valence-corrected chi connectivity index (χ0v) is 11.9. The molecule has 1 aromatic carbocycles. The van der Waals surface area contributed by atoms with E-state index in [-0.39, 0.29) is 24.2 Å². The van der Waals surface area contributed by atoms with Crippen molar-refractivity contribution in [3.8, 4) is 5.75 Å². The second kappa shape index (κ2) is 7.36. The predicted molar refractivity (Wildman–Crippen MR) is 77.6 cm³/mol. The van der Waals surface area contributed by atoms with E-state index < -0.39 is 0 Å². The number of carbonyl (C=O) groups is 1. The van der Waals surface area contributed by atoms with Crippen molar-refractivity contribution in [2.24, 2.45) is 17.6 Å². The number of carbonyl (C=O) groups excluding carboxylic acids is 1. The van der Waals surface area contributed by atoms with Gasteiger partial charge < -0.3 is 15.8 Å². The number of amides is 1. The summed E-state index contributed by atoms with van der Waals surface area (Å²) in [5.74, 6) is 1.18. The van der Waals surface area contributed by atoms with E-state index in [1.165, 1.54) is 0 Å². The summed E-state index contributed by atoms with van der Waals surface area (Å²) >= 11 is 0. The zero-order valence-electron chi connectivity index (χ0n) is 11.1. The van der Waals surface area contributed by atoms with Gasteiger partial charge in [0.15, 0.2) is 0 Å². The van der Waals surface area contributed by atoms with Crippen molar-refractivity contribution in [1.29, 1.82) is 0 Å². The number of rotatable bonds is 4. The highest BCUT2D eigenvalue weighted by Crippen LogP contribution is 2.26. The molecule has 0 fully saturated rings. The maximum atomic E-state index is 12.0. The van der Waals surface area contributed by atoms with Crippen molar-refractivity contribution in [3.63, 3.8) is 0 Å². The van der Waals surface area contributed by atoms with E-state index in [1.807, 2.05) is 31.2 Å². The van der Waals surface area contributed by atoms with Crippen LogP contribution in [0.1, 0.15) is 12.5 Å². The molecule has 2 rings (SSSR count). The van der Waals surface area contributed by atoms with Crippen LogP contribution in [0.3, 0.4) is 0 Å². The van der Waals surface area contributed by atoms with Gasteiger partial charge in [-0.2, -0.15) is 0 Å². The maximum absolute atomic E-state index is 12.0. The molecule has 1 aromatic rings. The molecule has 0 saturated carbocycles. The molecule has 19 heavy (non-hydrogen) atoms. The molecule has 106 valence electrons. The average molecular weight is 285 g/mol. The Morgan fingerprint density at radius 2 is 2.26 bits per heavy atom. The number of fused-ring (bicyclic) bond motifs is 1. The molecule has 5 heteroatoms. The van der Waals surface area contributed by atoms with E-state index >= 15 is 0 Å². The highest BCUT2D eigenvalue weighted by Gasteiger charge is 2.25. The van der Waals surface area contributed by atoms with Gasteiger partial charge in [-0.3, -0.25) is 4.79 Å². The minimum absolute atomic E-state index is 0. The minimum atomic E-state index is -0.0927. The number of nitrogens with two attached hydrogens (primary N) is 1. The summed E-state index contributed by atoms with van der Waals surface area (Å²) in [6.45, 7) is 3.70. The molecule has 1 amide bonds. The number of nitrogens with one attached hydrogen (secondary N) is 1. The first-order valence-corrected chi connectivity index (χ1v) is 6.39. The summed E-state index contributed by atoms with van der Waals surface area (Å²) in [6.07, 6.45) is 0.749. The van der Waals surface area contributed by atoms with Crippen LogP contribution >= 0.6 is 12.4 Å². The highest BCUT2D eigenvalue weighted by atomic mass is 35.5. The molecule has 0 aromatic heterocycles. The van der Waals surface area contributed by atoms with Gasteiger partial charge in [0.2, 0.25) is 5.91 Å². The number of benzene rings is 1. The van der Waals surface area contributed by atoms with Crippen LogP contribution in [0.4, 0.5) is 0 Å². The van der Waals surface area contributed by atoms with E-state index in [0.717, 1.165) is 17.7 Å². The Bertz CT molecular complexity index is 426. The first-order chi connectivity index (χ1) is 8.70. The second-order valence-corrected chi connectivity index (χ2v) is 4.91. The van der Waals surface area contributed by atoms with Crippen LogP contribution < -0.4 is 15.8 Å². The Kier molecular flexibility index (Phi) is 6.12. The SMILES string of the molecule is CC(CN)CNC(=O)C1COc2ccccc2C1.Cl. The Hall–Kier alpha value is -1.26. The Balaban J connectivity index is 0.00000180. The number of hydrogen-bond donors (Lipinski definition) is 2. The van der Waals surface area contributed by atoms with Crippen molar-refractivity contribution < 1.29 is 9.53 Å². The lowest BCUT2D eigenvalue weighted by Gasteiger charge is -2.25. The van der Waals surface area contributed by atoms with Gasteiger partial charge in [-0.15, -0.1) is 12.4 Å². The molecule has 0 saturated heterocycles. The fourth-order valence-corrected chi connectivity index (χ4v) is 2.00. The third kappa shape index (κ3) is 4.11. The number of para-hydroxylation sites is 1. The van der Waals surface area contributed by atoms with Gasteiger partial charge in [-0.1, -0.05) is 25.1 Å². The molecule has 1 aliphatic heterocycles. The summed E-state index contributed by atoms with van der Waals surface area (Å²) in [5, 5.41) is 2.93. The first kappa shape index (κ1) is 15.8. The maximum Gasteiger partial charge on any atom is 0.226 e.